The number of aryl methyl sites for hydroxylation is 1. The molecule has 2 rings (SSSR count). The summed E-state index contributed by atoms with van der Waals surface area (Å²) in [5, 5.41) is 4.17. The van der Waals surface area contributed by atoms with E-state index in [9.17, 15) is 4.79 Å². The lowest BCUT2D eigenvalue weighted by Gasteiger charge is -2.00. The lowest BCUT2D eigenvalue weighted by atomic mass is 10.1. The Balaban J connectivity index is 2.18. The summed E-state index contributed by atoms with van der Waals surface area (Å²) in [5.74, 6) is 0.687. The number of carbonyl (C=O) groups is 1. The fourth-order valence-corrected chi connectivity index (χ4v) is 1.66. The zero-order valence-electron chi connectivity index (χ0n) is 10.5. The van der Waals surface area contributed by atoms with Crippen LogP contribution in [0, 0.1) is 6.92 Å². The maximum atomic E-state index is 10.5. The standard InChI is InChI=1S/C14H12ClNO3/c1-9-3-4-11(7-13(9)15)14-6-5-12(18-14)8-16-19-10(2)17/h3-8H,1-2H3/b16-8-. The molecule has 19 heavy (non-hydrogen) atoms. The molecule has 1 aromatic heterocycles. The first-order chi connectivity index (χ1) is 9.06. The quantitative estimate of drug-likeness (QED) is 0.487. The van der Waals surface area contributed by atoms with Crippen molar-refractivity contribution in [3.63, 3.8) is 0 Å². The molecule has 0 aliphatic heterocycles. The van der Waals surface area contributed by atoms with Crippen molar-refractivity contribution in [3.05, 3.63) is 46.7 Å². The van der Waals surface area contributed by atoms with E-state index < -0.39 is 5.97 Å². The van der Waals surface area contributed by atoms with Crippen LogP contribution < -0.4 is 0 Å². The van der Waals surface area contributed by atoms with Gasteiger partial charge in [-0.3, -0.25) is 0 Å². The second-order valence-electron chi connectivity index (χ2n) is 3.98. The molecular weight excluding hydrogens is 266 g/mol. The smallest absolute Gasteiger partial charge is 0.331 e. The molecule has 0 aliphatic carbocycles. The molecule has 0 radical (unpaired) electrons. The van der Waals surface area contributed by atoms with Gasteiger partial charge in [-0.1, -0.05) is 28.9 Å². The Morgan fingerprint density at radius 1 is 1.37 bits per heavy atom. The molecule has 0 fully saturated rings. The molecule has 0 atom stereocenters. The molecule has 0 saturated carbocycles. The number of oxime groups is 1. The molecule has 0 spiro atoms. The molecule has 98 valence electrons. The number of carbonyl (C=O) groups excluding carboxylic acids is 1. The Labute approximate surface area is 115 Å². The van der Waals surface area contributed by atoms with E-state index in [1.807, 2.05) is 25.1 Å². The first-order valence-electron chi connectivity index (χ1n) is 5.63. The van der Waals surface area contributed by atoms with Crippen molar-refractivity contribution in [1.82, 2.24) is 0 Å². The molecule has 4 nitrogen and oxygen atoms in total. The monoisotopic (exact) mass is 277 g/mol. The van der Waals surface area contributed by atoms with Gasteiger partial charge in [0.1, 0.15) is 17.7 Å². The van der Waals surface area contributed by atoms with Gasteiger partial charge in [-0.2, -0.15) is 0 Å². The van der Waals surface area contributed by atoms with Crippen LogP contribution in [0.1, 0.15) is 18.2 Å². The van der Waals surface area contributed by atoms with Crippen LogP contribution in [0.3, 0.4) is 0 Å². The van der Waals surface area contributed by atoms with Crippen LogP contribution in [0.25, 0.3) is 11.3 Å². The number of rotatable bonds is 3. The highest BCUT2D eigenvalue weighted by Gasteiger charge is 2.05. The van der Waals surface area contributed by atoms with Gasteiger partial charge in [-0.25, -0.2) is 4.79 Å². The third-order valence-electron chi connectivity index (χ3n) is 2.44. The zero-order chi connectivity index (χ0) is 13.8. The first-order valence-corrected chi connectivity index (χ1v) is 6.01. The van der Waals surface area contributed by atoms with E-state index in [4.69, 9.17) is 16.0 Å². The normalized spacial score (nSPS) is 10.9. The van der Waals surface area contributed by atoms with E-state index in [2.05, 4.69) is 9.99 Å². The molecule has 0 amide bonds. The highest BCUT2D eigenvalue weighted by molar-refractivity contribution is 6.31. The molecule has 0 unspecified atom stereocenters. The van der Waals surface area contributed by atoms with Gasteiger partial charge in [-0.15, -0.1) is 0 Å². The van der Waals surface area contributed by atoms with Gasteiger partial charge >= 0.3 is 5.97 Å². The van der Waals surface area contributed by atoms with Crippen molar-refractivity contribution in [2.24, 2.45) is 5.16 Å². The van der Waals surface area contributed by atoms with Gasteiger partial charge in [0.25, 0.3) is 0 Å². The Morgan fingerprint density at radius 3 is 2.84 bits per heavy atom. The summed E-state index contributed by atoms with van der Waals surface area (Å²) >= 11 is 6.06. The molecule has 5 heteroatoms. The number of nitrogens with zero attached hydrogens (tertiary/aromatic N) is 1. The number of halogens is 1. The van der Waals surface area contributed by atoms with Crippen molar-refractivity contribution in [1.29, 1.82) is 0 Å². The average Bonchev–Trinajstić information content (AvgIpc) is 2.81. The van der Waals surface area contributed by atoms with Gasteiger partial charge < -0.3 is 9.25 Å². The Hall–Kier alpha value is -2.07. The Morgan fingerprint density at radius 2 is 2.16 bits per heavy atom. The van der Waals surface area contributed by atoms with E-state index in [0.29, 0.717) is 16.5 Å². The van der Waals surface area contributed by atoms with Gasteiger partial charge in [0.15, 0.2) is 0 Å². The average molecular weight is 278 g/mol. The predicted octanol–water partition coefficient (Wildman–Crippen LogP) is 3.81. The third-order valence-corrected chi connectivity index (χ3v) is 2.85. The van der Waals surface area contributed by atoms with E-state index in [0.717, 1.165) is 11.1 Å². The molecular formula is C14H12ClNO3. The second kappa shape index (κ2) is 5.71. The highest BCUT2D eigenvalue weighted by atomic mass is 35.5. The maximum absolute atomic E-state index is 10.5. The van der Waals surface area contributed by atoms with Crippen LogP contribution in [0.4, 0.5) is 0 Å². The summed E-state index contributed by atoms with van der Waals surface area (Å²) < 4.78 is 5.55. The SMILES string of the molecule is CC(=O)O/N=C\c1ccc(-c2ccc(C)c(Cl)c2)o1. The van der Waals surface area contributed by atoms with Crippen molar-refractivity contribution in [2.45, 2.75) is 13.8 Å². The molecule has 0 bridgehead atoms. The minimum Gasteiger partial charge on any atom is -0.455 e. The summed E-state index contributed by atoms with van der Waals surface area (Å²) in [4.78, 5) is 15.0. The van der Waals surface area contributed by atoms with E-state index in [-0.39, 0.29) is 0 Å². The van der Waals surface area contributed by atoms with Gasteiger partial charge in [0.2, 0.25) is 0 Å². The van der Waals surface area contributed by atoms with Crippen molar-refractivity contribution in [2.75, 3.05) is 0 Å². The van der Waals surface area contributed by atoms with Gasteiger partial charge in [0.05, 0.1) is 0 Å². The summed E-state index contributed by atoms with van der Waals surface area (Å²) in [7, 11) is 0. The van der Waals surface area contributed by atoms with E-state index in [1.54, 1.807) is 12.1 Å². The van der Waals surface area contributed by atoms with Crippen molar-refractivity contribution >= 4 is 23.8 Å². The topological polar surface area (TPSA) is 51.8 Å². The first kappa shape index (κ1) is 13.4. The van der Waals surface area contributed by atoms with Crippen LogP contribution in [-0.4, -0.2) is 12.2 Å². The summed E-state index contributed by atoms with van der Waals surface area (Å²) in [6.45, 7) is 3.21. The minimum absolute atomic E-state index is 0.478. The molecule has 2 aromatic rings. The Bertz CT molecular complexity index is 631. The Kier molecular flexibility index (Phi) is 4.02. The lowest BCUT2D eigenvalue weighted by molar-refractivity contribution is -0.140. The second-order valence-corrected chi connectivity index (χ2v) is 4.39. The fraction of sp³-hybridized carbons (Fsp3) is 0.143. The van der Waals surface area contributed by atoms with Gasteiger partial charge in [-0.05, 0) is 30.7 Å². The van der Waals surface area contributed by atoms with Crippen molar-refractivity contribution in [3.8, 4) is 11.3 Å². The molecule has 0 N–H and O–H groups in total. The number of hydrogen-bond donors (Lipinski definition) is 0. The van der Waals surface area contributed by atoms with Crippen LogP contribution >= 0.6 is 11.6 Å². The molecule has 1 heterocycles. The summed E-state index contributed by atoms with van der Waals surface area (Å²) in [5.41, 5.74) is 1.89. The van der Waals surface area contributed by atoms with Crippen LogP contribution in [0.2, 0.25) is 5.02 Å². The molecule has 1 aromatic carbocycles. The number of hydrogen-bond acceptors (Lipinski definition) is 4. The van der Waals surface area contributed by atoms with Crippen molar-refractivity contribution < 1.29 is 14.0 Å². The predicted molar refractivity (Wildman–Crippen MR) is 73.3 cm³/mol. The lowest BCUT2D eigenvalue weighted by Crippen LogP contribution is -1.90. The molecule has 0 saturated heterocycles. The molecule has 0 aliphatic rings. The number of benzene rings is 1. The van der Waals surface area contributed by atoms with Gasteiger partial charge in [0, 0.05) is 17.5 Å². The van der Waals surface area contributed by atoms with Crippen LogP contribution in [-0.2, 0) is 9.63 Å². The summed E-state index contributed by atoms with van der Waals surface area (Å²) in [6, 6.07) is 9.22. The largest absolute Gasteiger partial charge is 0.455 e. The van der Waals surface area contributed by atoms with E-state index in [1.165, 1.54) is 13.1 Å². The van der Waals surface area contributed by atoms with E-state index >= 15 is 0 Å². The third kappa shape index (κ3) is 3.45. The summed E-state index contributed by atoms with van der Waals surface area (Å²) in [6.07, 6.45) is 1.33. The van der Waals surface area contributed by atoms with Crippen LogP contribution in [0.15, 0.2) is 39.9 Å². The minimum atomic E-state index is -0.478. The fourth-order valence-electron chi connectivity index (χ4n) is 1.48. The maximum Gasteiger partial charge on any atom is 0.331 e. The van der Waals surface area contributed by atoms with Crippen LogP contribution in [0.5, 0.6) is 0 Å². The number of furan rings is 1. The zero-order valence-corrected chi connectivity index (χ0v) is 11.3. The highest BCUT2D eigenvalue weighted by Crippen LogP contribution is 2.26.